The number of amides is 1. The van der Waals surface area contributed by atoms with Crippen molar-refractivity contribution in [3.8, 4) is 16.9 Å². The van der Waals surface area contributed by atoms with E-state index >= 15 is 0 Å². The molecule has 3 heterocycles. The number of para-hydroxylation sites is 1. The third-order valence-electron chi connectivity index (χ3n) is 5.97. The average molecular weight is 485 g/mol. The first-order valence-electron chi connectivity index (χ1n) is 11.4. The van der Waals surface area contributed by atoms with Crippen molar-refractivity contribution < 1.29 is 14.7 Å². The van der Waals surface area contributed by atoms with Gasteiger partial charge < -0.3 is 5.11 Å². The number of hydrazone groups is 1. The van der Waals surface area contributed by atoms with Gasteiger partial charge in [-0.3, -0.25) is 9.59 Å². The molecule has 7 nitrogen and oxygen atoms in total. The fourth-order valence-corrected chi connectivity index (χ4v) is 4.90. The van der Waals surface area contributed by atoms with Crippen LogP contribution in [-0.2, 0) is 9.59 Å². The summed E-state index contributed by atoms with van der Waals surface area (Å²) in [7, 11) is 0. The van der Waals surface area contributed by atoms with Crippen LogP contribution in [0.1, 0.15) is 41.3 Å². The van der Waals surface area contributed by atoms with Crippen LogP contribution in [0.5, 0.6) is 0 Å². The number of aryl methyl sites for hydroxylation is 1. The first kappa shape index (κ1) is 22.7. The van der Waals surface area contributed by atoms with Crippen LogP contribution in [-0.4, -0.2) is 37.5 Å². The lowest BCUT2D eigenvalue weighted by molar-refractivity contribution is -0.141. The number of thiophene rings is 1. The molecule has 1 N–H and O–H groups in total. The Morgan fingerprint density at radius 1 is 1.03 bits per heavy atom. The molecule has 0 aliphatic carbocycles. The van der Waals surface area contributed by atoms with Crippen LogP contribution in [0.15, 0.2) is 83.4 Å². The molecule has 1 atom stereocenters. The minimum absolute atomic E-state index is 0.111. The highest BCUT2D eigenvalue weighted by Gasteiger charge is 2.36. The summed E-state index contributed by atoms with van der Waals surface area (Å²) in [6.07, 6.45) is 2.14. The van der Waals surface area contributed by atoms with Crippen LogP contribution in [0.3, 0.4) is 0 Å². The number of nitrogens with zero attached hydrogens (tertiary/aromatic N) is 4. The van der Waals surface area contributed by atoms with Gasteiger partial charge in [-0.2, -0.15) is 10.2 Å². The summed E-state index contributed by atoms with van der Waals surface area (Å²) in [5, 5.41) is 22.2. The van der Waals surface area contributed by atoms with Gasteiger partial charge in [0.1, 0.15) is 0 Å². The molecule has 1 amide bonds. The van der Waals surface area contributed by atoms with E-state index < -0.39 is 5.97 Å². The monoisotopic (exact) mass is 484 g/mol. The van der Waals surface area contributed by atoms with Crippen LogP contribution >= 0.6 is 11.3 Å². The molecule has 0 bridgehead atoms. The number of carboxylic acids is 1. The van der Waals surface area contributed by atoms with Crippen LogP contribution in [0.4, 0.5) is 0 Å². The molecule has 5 rings (SSSR count). The maximum atomic E-state index is 13.1. The molecule has 8 heteroatoms. The van der Waals surface area contributed by atoms with E-state index in [1.165, 1.54) is 5.01 Å². The number of hydrogen-bond acceptors (Lipinski definition) is 5. The third kappa shape index (κ3) is 4.79. The maximum absolute atomic E-state index is 13.1. The molecule has 0 saturated heterocycles. The number of hydrogen-bond donors (Lipinski definition) is 1. The molecular weight excluding hydrogens is 460 g/mol. The molecule has 0 radical (unpaired) electrons. The minimum Gasteiger partial charge on any atom is -0.481 e. The Morgan fingerprint density at radius 3 is 2.49 bits per heavy atom. The number of benzene rings is 2. The Balaban J connectivity index is 1.60. The molecule has 0 fully saturated rings. The van der Waals surface area contributed by atoms with Crippen molar-refractivity contribution in [1.82, 2.24) is 14.8 Å². The zero-order valence-electron chi connectivity index (χ0n) is 19.2. The summed E-state index contributed by atoms with van der Waals surface area (Å²) in [6, 6.07) is 21.5. The zero-order valence-corrected chi connectivity index (χ0v) is 20.0. The number of rotatable bonds is 7. The van der Waals surface area contributed by atoms with Crippen molar-refractivity contribution in [2.45, 2.75) is 32.2 Å². The normalized spacial score (nSPS) is 15.3. The SMILES string of the molecule is Cc1ccc(-c2nn(-c3ccccc3)cc2[C@H]2CC(c3cccs3)=NN2C(=O)CCC(=O)O)cc1. The number of carbonyl (C=O) groups is 2. The highest BCUT2D eigenvalue weighted by atomic mass is 32.1. The molecule has 2 aromatic carbocycles. The van der Waals surface area contributed by atoms with Crippen LogP contribution in [0.25, 0.3) is 16.9 Å². The zero-order chi connectivity index (χ0) is 24.4. The van der Waals surface area contributed by atoms with Gasteiger partial charge in [0.05, 0.1) is 34.4 Å². The highest BCUT2D eigenvalue weighted by molar-refractivity contribution is 7.12. The van der Waals surface area contributed by atoms with Gasteiger partial charge in [-0.05, 0) is 30.5 Å². The second-order valence-corrected chi connectivity index (χ2v) is 9.40. The smallest absolute Gasteiger partial charge is 0.303 e. The van der Waals surface area contributed by atoms with E-state index in [9.17, 15) is 9.59 Å². The molecule has 4 aromatic rings. The number of carboxylic acid groups (broad SMARTS) is 1. The van der Waals surface area contributed by atoms with Crippen LogP contribution in [0.2, 0.25) is 0 Å². The molecule has 0 unspecified atom stereocenters. The lowest BCUT2D eigenvalue weighted by Crippen LogP contribution is -2.27. The highest BCUT2D eigenvalue weighted by Crippen LogP contribution is 2.39. The van der Waals surface area contributed by atoms with Gasteiger partial charge in [0, 0.05) is 30.2 Å². The maximum Gasteiger partial charge on any atom is 0.303 e. The van der Waals surface area contributed by atoms with Gasteiger partial charge in [0.2, 0.25) is 5.91 Å². The first-order valence-corrected chi connectivity index (χ1v) is 12.2. The largest absolute Gasteiger partial charge is 0.481 e. The second kappa shape index (κ2) is 9.68. The lowest BCUT2D eigenvalue weighted by atomic mass is 9.97. The van der Waals surface area contributed by atoms with E-state index in [1.807, 2.05) is 89.9 Å². The van der Waals surface area contributed by atoms with E-state index in [0.717, 1.165) is 38.7 Å². The minimum atomic E-state index is -1.01. The van der Waals surface area contributed by atoms with Gasteiger partial charge in [-0.15, -0.1) is 11.3 Å². The average Bonchev–Trinajstić information content (AvgIpc) is 3.63. The molecule has 1 aliphatic rings. The predicted octanol–water partition coefficient (Wildman–Crippen LogP) is 5.45. The number of aliphatic carboxylic acids is 1. The summed E-state index contributed by atoms with van der Waals surface area (Å²) >= 11 is 1.57. The van der Waals surface area contributed by atoms with Crippen molar-refractivity contribution in [3.05, 3.63) is 94.3 Å². The van der Waals surface area contributed by atoms with E-state index in [2.05, 4.69) is 5.10 Å². The molecule has 1 aliphatic heterocycles. The van der Waals surface area contributed by atoms with Gasteiger partial charge in [0.15, 0.2) is 0 Å². The molecular formula is C27H24N4O3S. The van der Waals surface area contributed by atoms with Gasteiger partial charge in [-0.25, -0.2) is 9.69 Å². The summed E-state index contributed by atoms with van der Waals surface area (Å²) in [4.78, 5) is 25.3. The van der Waals surface area contributed by atoms with Crippen LogP contribution in [0, 0.1) is 6.92 Å². The quantitative estimate of drug-likeness (QED) is 0.378. The summed E-state index contributed by atoms with van der Waals surface area (Å²) in [5.74, 6) is -1.32. The standard InChI is InChI=1S/C27H24N4O3S/c1-18-9-11-19(12-10-18)27-21(17-30(29-27)20-6-3-2-4-7-20)23-16-22(24-8-5-15-35-24)28-31(23)25(32)13-14-26(33)34/h2-12,15,17,23H,13-14,16H2,1H3,(H,33,34)/t23-/m1/s1. The van der Waals surface area contributed by atoms with Crippen molar-refractivity contribution in [2.24, 2.45) is 5.10 Å². The second-order valence-electron chi connectivity index (χ2n) is 8.46. The summed E-state index contributed by atoms with van der Waals surface area (Å²) in [6.45, 7) is 2.04. The fourth-order valence-electron chi connectivity index (χ4n) is 4.18. The fraction of sp³-hybridized carbons (Fsp3) is 0.185. The van der Waals surface area contributed by atoms with E-state index in [0.29, 0.717) is 6.42 Å². The van der Waals surface area contributed by atoms with Crippen molar-refractivity contribution >= 4 is 28.9 Å². The Morgan fingerprint density at radius 2 is 1.80 bits per heavy atom. The molecule has 35 heavy (non-hydrogen) atoms. The molecule has 2 aromatic heterocycles. The Hall–Kier alpha value is -4.04. The molecule has 0 saturated carbocycles. The summed E-state index contributed by atoms with van der Waals surface area (Å²) < 4.78 is 1.83. The van der Waals surface area contributed by atoms with Crippen molar-refractivity contribution in [1.29, 1.82) is 0 Å². The van der Waals surface area contributed by atoms with Crippen molar-refractivity contribution in [3.63, 3.8) is 0 Å². The Bertz CT molecular complexity index is 1380. The Kier molecular flexibility index (Phi) is 6.29. The van der Waals surface area contributed by atoms with E-state index in [1.54, 1.807) is 11.3 Å². The van der Waals surface area contributed by atoms with Gasteiger partial charge >= 0.3 is 5.97 Å². The number of aromatic nitrogens is 2. The van der Waals surface area contributed by atoms with Crippen LogP contribution < -0.4 is 0 Å². The number of carbonyl (C=O) groups excluding carboxylic acids is 1. The topological polar surface area (TPSA) is 87.8 Å². The molecule has 0 spiro atoms. The predicted molar refractivity (Wildman–Crippen MR) is 136 cm³/mol. The van der Waals surface area contributed by atoms with Gasteiger partial charge in [0.25, 0.3) is 0 Å². The molecule has 176 valence electrons. The lowest BCUT2D eigenvalue weighted by Gasteiger charge is -2.21. The van der Waals surface area contributed by atoms with Gasteiger partial charge in [-0.1, -0.05) is 54.1 Å². The van der Waals surface area contributed by atoms with Crippen molar-refractivity contribution in [2.75, 3.05) is 0 Å². The third-order valence-corrected chi connectivity index (χ3v) is 6.89. The summed E-state index contributed by atoms with van der Waals surface area (Å²) in [5.41, 5.74) is 5.47. The van der Waals surface area contributed by atoms with E-state index in [4.69, 9.17) is 10.2 Å². The first-order chi connectivity index (χ1) is 17.0. The Labute approximate surface area is 207 Å². The van der Waals surface area contributed by atoms with E-state index in [-0.39, 0.29) is 24.8 Å².